The highest BCUT2D eigenvalue weighted by molar-refractivity contribution is 7.87. The molecule has 3 heteroatoms. The van der Waals surface area contributed by atoms with E-state index in [2.05, 4.69) is 0 Å². The average molecular weight is 162 g/mol. The van der Waals surface area contributed by atoms with Gasteiger partial charge in [-0.3, -0.25) is 4.21 Å². The number of rotatable bonds is 4. The number of aliphatic hydroxyl groups is 1. The van der Waals surface area contributed by atoms with Crippen LogP contribution in [0, 0.1) is 0 Å². The van der Waals surface area contributed by atoms with Crippen LogP contribution in [0.15, 0.2) is 11.5 Å². The molecular formula is C7H14O2S. The van der Waals surface area contributed by atoms with Gasteiger partial charge in [-0.1, -0.05) is 13.3 Å². The third-order valence-electron chi connectivity index (χ3n) is 1.08. The summed E-state index contributed by atoms with van der Waals surface area (Å²) in [6.45, 7) is 2.00. The first-order valence-electron chi connectivity index (χ1n) is 3.35. The van der Waals surface area contributed by atoms with E-state index in [0.29, 0.717) is 0 Å². The lowest BCUT2D eigenvalue weighted by atomic mass is 10.2. The van der Waals surface area contributed by atoms with Gasteiger partial charge in [-0.2, -0.15) is 0 Å². The molecule has 1 unspecified atom stereocenters. The van der Waals surface area contributed by atoms with Crippen LogP contribution in [0.3, 0.4) is 0 Å². The van der Waals surface area contributed by atoms with Crippen molar-refractivity contribution in [1.82, 2.24) is 0 Å². The van der Waals surface area contributed by atoms with Crippen molar-refractivity contribution in [2.75, 3.05) is 6.26 Å². The molecule has 0 spiro atoms. The van der Waals surface area contributed by atoms with Gasteiger partial charge in [0.1, 0.15) is 0 Å². The predicted molar refractivity (Wildman–Crippen MR) is 44.1 cm³/mol. The van der Waals surface area contributed by atoms with E-state index >= 15 is 0 Å². The van der Waals surface area contributed by atoms with Crippen LogP contribution in [0.5, 0.6) is 0 Å². The molecule has 2 atom stereocenters. The molecule has 0 heterocycles. The third kappa shape index (κ3) is 5.98. The number of aliphatic hydroxyl groups excluding tert-OH is 1. The minimum absolute atomic E-state index is 0.422. The molecule has 0 aromatic carbocycles. The first-order valence-corrected chi connectivity index (χ1v) is 4.97. The lowest BCUT2D eigenvalue weighted by Crippen LogP contribution is -2.00. The smallest absolute Gasteiger partial charge is 0.0729 e. The van der Waals surface area contributed by atoms with Gasteiger partial charge in [0.15, 0.2) is 0 Å². The molecule has 0 aliphatic heterocycles. The van der Waals surface area contributed by atoms with Crippen molar-refractivity contribution in [2.45, 2.75) is 25.9 Å². The molecule has 1 N–H and O–H groups in total. The van der Waals surface area contributed by atoms with Crippen molar-refractivity contribution < 1.29 is 9.32 Å². The second-order valence-electron chi connectivity index (χ2n) is 2.18. The van der Waals surface area contributed by atoms with E-state index in [1.165, 1.54) is 5.41 Å². The molecule has 0 aromatic rings. The van der Waals surface area contributed by atoms with Gasteiger partial charge in [0.05, 0.1) is 6.10 Å². The Labute approximate surface area is 64.4 Å². The minimum atomic E-state index is -0.930. The summed E-state index contributed by atoms with van der Waals surface area (Å²) in [5, 5.41) is 10.6. The summed E-state index contributed by atoms with van der Waals surface area (Å²) in [5.41, 5.74) is 0. The van der Waals surface area contributed by atoms with Crippen LogP contribution in [-0.2, 0) is 10.8 Å². The fourth-order valence-electron chi connectivity index (χ4n) is 0.593. The summed E-state index contributed by atoms with van der Waals surface area (Å²) in [7, 11) is -0.930. The molecule has 0 bridgehead atoms. The number of hydrogen-bond donors (Lipinski definition) is 1. The van der Waals surface area contributed by atoms with Crippen molar-refractivity contribution in [3.8, 4) is 0 Å². The molecule has 0 saturated carbocycles. The SMILES string of the molecule is CCC[C@@H](O)/C=C/S(C)=O. The molecule has 0 aromatic heterocycles. The predicted octanol–water partition coefficient (Wildman–Crippen LogP) is 1.04. The van der Waals surface area contributed by atoms with Gasteiger partial charge in [-0.15, -0.1) is 0 Å². The highest BCUT2D eigenvalue weighted by Gasteiger charge is 1.94. The maximum Gasteiger partial charge on any atom is 0.0729 e. The fraction of sp³-hybridized carbons (Fsp3) is 0.714. The van der Waals surface area contributed by atoms with Crippen LogP contribution in [0.1, 0.15) is 19.8 Å². The normalized spacial score (nSPS) is 17.5. The van der Waals surface area contributed by atoms with E-state index in [-0.39, 0.29) is 0 Å². The van der Waals surface area contributed by atoms with E-state index in [9.17, 15) is 4.21 Å². The maximum absolute atomic E-state index is 10.5. The van der Waals surface area contributed by atoms with Crippen molar-refractivity contribution in [3.63, 3.8) is 0 Å². The van der Waals surface area contributed by atoms with Gasteiger partial charge in [-0.05, 0) is 12.5 Å². The molecule has 0 aliphatic carbocycles. The molecule has 0 aliphatic rings. The zero-order valence-corrected chi connectivity index (χ0v) is 7.23. The van der Waals surface area contributed by atoms with Crippen LogP contribution < -0.4 is 0 Å². The van der Waals surface area contributed by atoms with Crippen LogP contribution in [-0.4, -0.2) is 21.7 Å². The Kier molecular flexibility index (Phi) is 5.54. The standard InChI is InChI=1S/C7H14O2S/c1-3-4-7(8)5-6-10(2)9/h5-8H,3-4H2,1-2H3/b6-5+/t7-,10?/m1/s1. The Balaban J connectivity index is 3.55. The molecular weight excluding hydrogens is 148 g/mol. The van der Waals surface area contributed by atoms with Gasteiger partial charge >= 0.3 is 0 Å². The third-order valence-corrected chi connectivity index (χ3v) is 1.62. The van der Waals surface area contributed by atoms with Crippen LogP contribution in [0.25, 0.3) is 0 Å². The van der Waals surface area contributed by atoms with Gasteiger partial charge in [-0.25, -0.2) is 0 Å². The zero-order chi connectivity index (χ0) is 7.98. The molecule has 0 rings (SSSR count). The molecule has 0 amide bonds. The summed E-state index contributed by atoms with van der Waals surface area (Å²) in [6, 6.07) is 0. The summed E-state index contributed by atoms with van der Waals surface area (Å²) in [4.78, 5) is 0. The second kappa shape index (κ2) is 5.62. The van der Waals surface area contributed by atoms with Crippen LogP contribution in [0.4, 0.5) is 0 Å². The zero-order valence-electron chi connectivity index (χ0n) is 6.41. The van der Waals surface area contributed by atoms with Gasteiger partial charge in [0.2, 0.25) is 0 Å². The first kappa shape index (κ1) is 9.85. The lowest BCUT2D eigenvalue weighted by Gasteiger charge is -1.99. The molecule has 10 heavy (non-hydrogen) atoms. The molecule has 0 saturated heterocycles. The number of hydrogen-bond acceptors (Lipinski definition) is 2. The van der Waals surface area contributed by atoms with E-state index in [1.54, 1.807) is 12.3 Å². The first-order chi connectivity index (χ1) is 4.66. The van der Waals surface area contributed by atoms with Crippen LogP contribution >= 0.6 is 0 Å². The summed E-state index contributed by atoms with van der Waals surface area (Å²) in [6.07, 6.45) is 4.43. The maximum atomic E-state index is 10.5. The lowest BCUT2D eigenvalue weighted by molar-refractivity contribution is 0.212. The molecule has 0 fully saturated rings. The second-order valence-corrected chi connectivity index (χ2v) is 3.45. The quantitative estimate of drug-likeness (QED) is 0.670. The monoisotopic (exact) mass is 162 g/mol. The largest absolute Gasteiger partial charge is 0.389 e. The summed E-state index contributed by atoms with van der Waals surface area (Å²) >= 11 is 0. The van der Waals surface area contributed by atoms with Crippen molar-refractivity contribution in [3.05, 3.63) is 11.5 Å². The summed E-state index contributed by atoms with van der Waals surface area (Å²) in [5.74, 6) is 0. The minimum Gasteiger partial charge on any atom is -0.389 e. The molecule has 0 radical (unpaired) electrons. The van der Waals surface area contributed by atoms with Gasteiger partial charge < -0.3 is 5.11 Å². The highest BCUT2D eigenvalue weighted by atomic mass is 32.2. The average Bonchev–Trinajstić information content (AvgIpc) is 1.85. The Bertz CT molecular complexity index is 132. The highest BCUT2D eigenvalue weighted by Crippen LogP contribution is 1.97. The van der Waals surface area contributed by atoms with E-state index < -0.39 is 16.9 Å². The van der Waals surface area contributed by atoms with Crippen molar-refractivity contribution in [2.24, 2.45) is 0 Å². The topological polar surface area (TPSA) is 37.3 Å². The van der Waals surface area contributed by atoms with Crippen LogP contribution in [0.2, 0.25) is 0 Å². The Morgan fingerprint density at radius 3 is 2.70 bits per heavy atom. The Hall–Kier alpha value is -0.150. The van der Waals surface area contributed by atoms with Gasteiger partial charge in [0.25, 0.3) is 0 Å². The summed E-state index contributed by atoms with van der Waals surface area (Å²) < 4.78 is 10.5. The molecule has 60 valence electrons. The Morgan fingerprint density at radius 1 is 1.70 bits per heavy atom. The fourth-order valence-corrected chi connectivity index (χ4v) is 0.996. The van der Waals surface area contributed by atoms with Crippen molar-refractivity contribution >= 4 is 10.8 Å². The van der Waals surface area contributed by atoms with Gasteiger partial charge in [0, 0.05) is 22.5 Å². The van der Waals surface area contributed by atoms with E-state index in [4.69, 9.17) is 5.11 Å². The Morgan fingerprint density at radius 2 is 2.30 bits per heavy atom. The molecule has 2 nitrogen and oxygen atoms in total. The van der Waals surface area contributed by atoms with Crippen molar-refractivity contribution in [1.29, 1.82) is 0 Å². The van der Waals surface area contributed by atoms with E-state index in [1.807, 2.05) is 6.92 Å². The van der Waals surface area contributed by atoms with E-state index in [0.717, 1.165) is 12.8 Å².